The Morgan fingerprint density at radius 3 is 2.50 bits per heavy atom. The van der Waals surface area contributed by atoms with Crippen molar-refractivity contribution in [2.45, 2.75) is 12.5 Å². The summed E-state index contributed by atoms with van der Waals surface area (Å²) in [7, 11) is 3.07. The van der Waals surface area contributed by atoms with E-state index in [4.69, 9.17) is 9.47 Å². The van der Waals surface area contributed by atoms with E-state index >= 15 is 0 Å². The highest BCUT2D eigenvalue weighted by Crippen LogP contribution is 2.28. The number of benzene rings is 2. The number of rotatable bonds is 7. The van der Waals surface area contributed by atoms with Crippen molar-refractivity contribution in [3.05, 3.63) is 54.1 Å². The second kappa shape index (κ2) is 8.79. The third-order valence-electron chi connectivity index (χ3n) is 3.54. The minimum absolute atomic E-state index is 0.155. The summed E-state index contributed by atoms with van der Waals surface area (Å²) in [4.78, 5) is 12.2. The number of aliphatic hydroxyl groups is 1. The predicted octanol–water partition coefficient (Wildman–Crippen LogP) is 2.43. The van der Waals surface area contributed by atoms with Crippen molar-refractivity contribution in [3.63, 3.8) is 0 Å². The van der Waals surface area contributed by atoms with Gasteiger partial charge >= 0.3 is 6.03 Å². The van der Waals surface area contributed by atoms with Crippen LogP contribution in [-0.4, -0.2) is 38.0 Å². The summed E-state index contributed by atoms with van der Waals surface area (Å²) in [5.74, 6) is 1.13. The monoisotopic (exact) mass is 330 g/mol. The fourth-order valence-electron chi connectivity index (χ4n) is 2.32. The third-order valence-corrected chi connectivity index (χ3v) is 3.54. The van der Waals surface area contributed by atoms with Crippen molar-refractivity contribution in [1.29, 1.82) is 0 Å². The quantitative estimate of drug-likeness (QED) is 0.728. The van der Waals surface area contributed by atoms with Crippen molar-refractivity contribution in [2.75, 3.05) is 26.1 Å². The van der Waals surface area contributed by atoms with Gasteiger partial charge in [-0.05, 0) is 24.1 Å². The maximum absolute atomic E-state index is 12.2. The van der Waals surface area contributed by atoms with Crippen LogP contribution in [0.2, 0.25) is 0 Å². The van der Waals surface area contributed by atoms with Crippen molar-refractivity contribution in [2.24, 2.45) is 0 Å². The van der Waals surface area contributed by atoms with Crippen LogP contribution >= 0.6 is 0 Å². The number of anilines is 1. The maximum Gasteiger partial charge on any atom is 0.319 e. The number of nitrogens with one attached hydrogen (secondary N) is 2. The lowest BCUT2D eigenvalue weighted by molar-refractivity contribution is 0.224. The Balaban J connectivity index is 2.01. The first-order chi connectivity index (χ1) is 11.7. The number of amides is 2. The zero-order chi connectivity index (χ0) is 17.4. The SMILES string of the molecule is COc1ccc(OC)c(NC(=O)NC(CO)Cc2ccccc2)c1. The molecular formula is C18H22N2O4. The Labute approximate surface area is 141 Å². The normalized spacial score (nSPS) is 11.5. The summed E-state index contributed by atoms with van der Waals surface area (Å²) < 4.78 is 10.4. The molecule has 0 fully saturated rings. The van der Waals surface area contributed by atoms with Gasteiger partial charge in [0.05, 0.1) is 32.6 Å². The van der Waals surface area contributed by atoms with Gasteiger partial charge in [-0.15, -0.1) is 0 Å². The molecule has 2 rings (SSSR count). The summed E-state index contributed by atoms with van der Waals surface area (Å²) >= 11 is 0. The Bertz CT molecular complexity index is 661. The van der Waals surface area contributed by atoms with Crippen LogP contribution < -0.4 is 20.1 Å². The number of carbonyl (C=O) groups excluding carboxylic acids is 1. The molecule has 0 aliphatic rings. The molecule has 0 saturated carbocycles. The molecule has 0 aliphatic heterocycles. The van der Waals surface area contributed by atoms with Gasteiger partial charge in [-0.3, -0.25) is 0 Å². The second-order valence-corrected chi connectivity index (χ2v) is 5.23. The number of aliphatic hydroxyl groups excluding tert-OH is 1. The molecule has 0 heterocycles. The van der Waals surface area contributed by atoms with Crippen LogP contribution in [0, 0.1) is 0 Å². The smallest absolute Gasteiger partial charge is 0.319 e. The first-order valence-electron chi connectivity index (χ1n) is 7.60. The first-order valence-corrected chi connectivity index (χ1v) is 7.60. The summed E-state index contributed by atoms with van der Waals surface area (Å²) in [6.45, 7) is -0.155. The average Bonchev–Trinajstić information content (AvgIpc) is 2.61. The van der Waals surface area contributed by atoms with Gasteiger partial charge in [0.25, 0.3) is 0 Å². The molecule has 0 radical (unpaired) electrons. The van der Waals surface area contributed by atoms with Gasteiger partial charge in [-0.1, -0.05) is 30.3 Å². The van der Waals surface area contributed by atoms with Gasteiger partial charge < -0.3 is 25.2 Å². The van der Waals surface area contributed by atoms with E-state index in [1.165, 1.54) is 7.11 Å². The number of ether oxygens (including phenoxy) is 2. The van der Waals surface area contributed by atoms with E-state index < -0.39 is 6.03 Å². The van der Waals surface area contributed by atoms with E-state index in [2.05, 4.69) is 10.6 Å². The van der Waals surface area contributed by atoms with Gasteiger partial charge in [0.1, 0.15) is 11.5 Å². The molecule has 6 nitrogen and oxygen atoms in total. The minimum Gasteiger partial charge on any atom is -0.497 e. The van der Waals surface area contributed by atoms with E-state index in [-0.39, 0.29) is 12.6 Å². The highest BCUT2D eigenvalue weighted by molar-refractivity contribution is 5.91. The number of carbonyl (C=O) groups is 1. The molecule has 1 atom stereocenters. The Morgan fingerprint density at radius 1 is 1.12 bits per heavy atom. The van der Waals surface area contributed by atoms with Crippen LogP contribution in [0.5, 0.6) is 11.5 Å². The fraction of sp³-hybridized carbons (Fsp3) is 0.278. The summed E-state index contributed by atoms with van der Waals surface area (Å²) in [6.07, 6.45) is 0.542. The van der Waals surface area contributed by atoms with Gasteiger partial charge in [-0.2, -0.15) is 0 Å². The average molecular weight is 330 g/mol. The standard InChI is InChI=1S/C18H22N2O4/c1-23-15-8-9-17(24-2)16(11-15)20-18(22)19-14(12-21)10-13-6-4-3-5-7-13/h3-9,11,14,21H,10,12H2,1-2H3,(H2,19,20,22). The van der Waals surface area contributed by atoms with Crippen LogP contribution in [0.15, 0.2) is 48.5 Å². The lowest BCUT2D eigenvalue weighted by Crippen LogP contribution is -2.41. The van der Waals surface area contributed by atoms with E-state index in [1.54, 1.807) is 25.3 Å². The molecule has 0 bridgehead atoms. The topological polar surface area (TPSA) is 79.8 Å². The first kappa shape index (κ1) is 17.6. The number of urea groups is 1. The molecule has 2 aromatic rings. The van der Waals surface area contributed by atoms with Gasteiger partial charge in [0.2, 0.25) is 0 Å². The number of methoxy groups -OCH3 is 2. The van der Waals surface area contributed by atoms with Crippen LogP contribution in [0.4, 0.5) is 10.5 Å². The van der Waals surface area contributed by atoms with E-state index in [1.807, 2.05) is 30.3 Å². The zero-order valence-electron chi connectivity index (χ0n) is 13.8. The lowest BCUT2D eigenvalue weighted by Gasteiger charge is -2.18. The molecule has 2 aromatic carbocycles. The van der Waals surface area contributed by atoms with Gasteiger partial charge in [0.15, 0.2) is 0 Å². The molecule has 0 spiro atoms. The van der Waals surface area contributed by atoms with Crippen molar-refractivity contribution >= 4 is 11.7 Å². The Kier molecular flexibility index (Phi) is 6.45. The molecule has 0 saturated heterocycles. The van der Waals surface area contributed by atoms with Crippen LogP contribution in [0.25, 0.3) is 0 Å². The van der Waals surface area contributed by atoms with E-state index in [0.717, 1.165) is 5.56 Å². The lowest BCUT2D eigenvalue weighted by atomic mass is 10.1. The molecule has 1 unspecified atom stereocenters. The summed E-state index contributed by atoms with van der Waals surface area (Å²) in [5, 5.41) is 15.0. The summed E-state index contributed by atoms with van der Waals surface area (Å²) in [6, 6.07) is 14.0. The Hall–Kier alpha value is -2.73. The maximum atomic E-state index is 12.2. The molecule has 128 valence electrons. The highest BCUT2D eigenvalue weighted by atomic mass is 16.5. The zero-order valence-corrected chi connectivity index (χ0v) is 13.8. The number of hydrogen-bond acceptors (Lipinski definition) is 4. The highest BCUT2D eigenvalue weighted by Gasteiger charge is 2.14. The van der Waals surface area contributed by atoms with Crippen LogP contribution in [-0.2, 0) is 6.42 Å². The van der Waals surface area contributed by atoms with E-state index in [0.29, 0.717) is 23.6 Å². The fourth-order valence-corrected chi connectivity index (χ4v) is 2.32. The van der Waals surface area contributed by atoms with Crippen molar-refractivity contribution in [3.8, 4) is 11.5 Å². The molecule has 0 aliphatic carbocycles. The molecule has 2 amide bonds. The predicted molar refractivity (Wildman–Crippen MR) is 92.7 cm³/mol. The molecular weight excluding hydrogens is 308 g/mol. The van der Waals surface area contributed by atoms with Gasteiger partial charge in [-0.25, -0.2) is 4.79 Å². The Morgan fingerprint density at radius 2 is 1.88 bits per heavy atom. The molecule has 3 N–H and O–H groups in total. The van der Waals surface area contributed by atoms with Crippen molar-refractivity contribution in [1.82, 2.24) is 5.32 Å². The molecule has 6 heteroatoms. The number of hydrogen-bond donors (Lipinski definition) is 3. The van der Waals surface area contributed by atoms with Gasteiger partial charge in [0, 0.05) is 6.07 Å². The van der Waals surface area contributed by atoms with Crippen molar-refractivity contribution < 1.29 is 19.4 Å². The largest absolute Gasteiger partial charge is 0.497 e. The van der Waals surface area contributed by atoms with Crippen LogP contribution in [0.3, 0.4) is 0 Å². The second-order valence-electron chi connectivity index (χ2n) is 5.23. The summed E-state index contributed by atoms with van der Waals surface area (Å²) in [5.41, 5.74) is 1.53. The molecule has 0 aromatic heterocycles. The van der Waals surface area contributed by atoms with Crippen LogP contribution in [0.1, 0.15) is 5.56 Å². The van der Waals surface area contributed by atoms with E-state index in [9.17, 15) is 9.90 Å². The molecule has 24 heavy (non-hydrogen) atoms. The minimum atomic E-state index is -0.420. The third kappa shape index (κ3) is 4.89.